The number of allylic oxidation sites excluding steroid dienone is 5. The topological polar surface area (TPSA) is 175 Å². The zero-order valence-corrected chi connectivity index (χ0v) is 47.3. The number of carbonyl (C=O) groups excluding carboxylic acids is 2. The Bertz CT molecular complexity index is 1330. The van der Waals surface area contributed by atoms with Crippen LogP contribution in [0.3, 0.4) is 0 Å². The molecule has 1 aliphatic heterocycles. The second kappa shape index (κ2) is 50.7. The van der Waals surface area contributed by atoms with Gasteiger partial charge < -0.3 is 45.1 Å². The van der Waals surface area contributed by atoms with E-state index in [0.717, 1.165) is 83.5 Å². The average Bonchev–Trinajstić information content (AvgIpc) is 3.39. The molecule has 1 aliphatic rings. The van der Waals surface area contributed by atoms with E-state index in [1.807, 2.05) is 6.08 Å². The number of hydrogen-bond donors (Lipinski definition) is 6. The van der Waals surface area contributed by atoms with Gasteiger partial charge in [-0.3, -0.25) is 9.59 Å². The van der Waals surface area contributed by atoms with Crippen LogP contribution in [0, 0.1) is 0 Å². The quantitative estimate of drug-likeness (QED) is 0.0195. The lowest BCUT2D eigenvalue weighted by Gasteiger charge is -2.41. The molecule has 0 bridgehead atoms. The number of rotatable bonds is 52. The summed E-state index contributed by atoms with van der Waals surface area (Å²) in [6.07, 6.45) is 49.0. The summed E-state index contributed by atoms with van der Waals surface area (Å²) in [6.45, 7) is 5.70. The minimum atomic E-state index is -1.61. The number of aliphatic hydroxyl groups is 5. The van der Waals surface area contributed by atoms with Crippen molar-refractivity contribution in [3.05, 3.63) is 36.5 Å². The maximum absolute atomic E-state index is 13.4. The van der Waals surface area contributed by atoms with Crippen LogP contribution in [0.2, 0.25) is 0 Å². The number of aliphatic hydroxyl groups excluding tert-OH is 5. The van der Waals surface area contributed by atoms with Gasteiger partial charge in [0.1, 0.15) is 24.4 Å². The van der Waals surface area contributed by atoms with E-state index in [0.29, 0.717) is 19.3 Å². The molecular formula is C62H115NO10. The average molecular weight is 1030 g/mol. The number of amides is 1. The predicted molar refractivity (Wildman–Crippen MR) is 301 cm³/mol. The molecule has 0 spiro atoms. The van der Waals surface area contributed by atoms with Gasteiger partial charge >= 0.3 is 5.97 Å². The third kappa shape index (κ3) is 39.0. The summed E-state index contributed by atoms with van der Waals surface area (Å²) < 4.78 is 17.6. The van der Waals surface area contributed by atoms with Gasteiger partial charge in [-0.05, 0) is 51.4 Å². The van der Waals surface area contributed by atoms with Crippen molar-refractivity contribution in [2.45, 2.75) is 333 Å². The molecule has 8 unspecified atom stereocenters. The van der Waals surface area contributed by atoms with Crippen molar-refractivity contribution in [1.82, 2.24) is 5.32 Å². The third-order valence-electron chi connectivity index (χ3n) is 14.6. The van der Waals surface area contributed by atoms with Crippen molar-refractivity contribution in [3.63, 3.8) is 0 Å². The molecule has 1 saturated heterocycles. The summed E-state index contributed by atoms with van der Waals surface area (Å²) in [4.78, 5) is 26.5. The molecule has 1 rings (SSSR count). The fourth-order valence-electron chi connectivity index (χ4n) is 9.69. The Kier molecular flexibility index (Phi) is 47.8. The molecule has 8 atom stereocenters. The number of hydrogen-bond acceptors (Lipinski definition) is 10. The lowest BCUT2D eigenvalue weighted by Crippen LogP contribution is -2.61. The molecule has 1 heterocycles. The van der Waals surface area contributed by atoms with Crippen molar-refractivity contribution >= 4 is 11.9 Å². The van der Waals surface area contributed by atoms with Crippen molar-refractivity contribution < 1.29 is 49.3 Å². The fourth-order valence-corrected chi connectivity index (χ4v) is 9.69. The normalized spacial score (nSPS) is 19.6. The van der Waals surface area contributed by atoms with E-state index in [9.17, 15) is 35.1 Å². The van der Waals surface area contributed by atoms with E-state index >= 15 is 0 Å². The van der Waals surface area contributed by atoms with Gasteiger partial charge in [-0.2, -0.15) is 0 Å². The Morgan fingerprint density at radius 1 is 0.548 bits per heavy atom. The highest BCUT2D eigenvalue weighted by molar-refractivity contribution is 5.80. The molecule has 0 aromatic carbocycles. The molecule has 11 heteroatoms. The van der Waals surface area contributed by atoms with E-state index in [4.69, 9.17) is 14.2 Å². The van der Waals surface area contributed by atoms with Gasteiger partial charge in [-0.15, -0.1) is 0 Å². The maximum atomic E-state index is 13.4. The molecular weight excluding hydrogens is 919 g/mol. The van der Waals surface area contributed by atoms with E-state index in [1.54, 1.807) is 6.08 Å². The van der Waals surface area contributed by atoms with Gasteiger partial charge in [-0.1, -0.05) is 263 Å². The molecule has 11 nitrogen and oxygen atoms in total. The molecule has 1 fully saturated rings. The molecule has 0 aliphatic carbocycles. The first-order valence-corrected chi connectivity index (χ1v) is 30.8. The summed E-state index contributed by atoms with van der Waals surface area (Å²) in [7, 11) is 0. The van der Waals surface area contributed by atoms with Crippen LogP contribution in [0.25, 0.3) is 0 Å². The monoisotopic (exact) mass is 1030 g/mol. The summed E-state index contributed by atoms with van der Waals surface area (Å²) >= 11 is 0. The number of carbonyl (C=O) groups is 2. The lowest BCUT2D eigenvalue weighted by atomic mass is 9.99. The fraction of sp³-hybridized carbons (Fsp3) is 0.871. The summed E-state index contributed by atoms with van der Waals surface area (Å²) in [5.41, 5.74) is 0. The Hall–Kier alpha value is -2.12. The molecule has 428 valence electrons. The number of nitrogens with one attached hydrogen (secondary N) is 1. The molecule has 0 aromatic heterocycles. The van der Waals surface area contributed by atoms with E-state index in [1.165, 1.54) is 154 Å². The van der Waals surface area contributed by atoms with Crippen LogP contribution in [0.15, 0.2) is 36.5 Å². The number of ether oxygens (including phenoxy) is 3. The molecule has 0 aromatic rings. The first-order chi connectivity index (χ1) is 35.7. The summed E-state index contributed by atoms with van der Waals surface area (Å²) in [5.74, 6) is -1.19. The van der Waals surface area contributed by atoms with Crippen molar-refractivity contribution in [2.75, 3.05) is 13.2 Å². The van der Waals surface area contributed by atoms with Gasteiger partial charge in [0, 0.05) is 6.42 Å². The molecule has 73 heavy (non-hydrogen) atoms. The highest BCUT2D eigenvalue weighted by Crippen LogP contribution is 2.26. The molecule has 0 radical (unpaired) electrons. The first-order valence-electron chi connectivity index (χ1n) is 30.8. The third-order valence-corrected chi connectivity index (χ3v) is 14.6. The number of unbranched alkanes of at least 4 members (excludes halogenated alkanes) is 34. The zero-order valence-electron chi connectivity index (χ0n) is 47.3. The standard InChI is InChI=1S/C62H115NO10/c1-4-7-10-13-16-19-22-25-27-28-29-30-31-34-37-40-43-46-49-55(66)61(70)63-53(54(65)48-45-42-39-36-33-24-21-18-15-12-9-6-3)52-71-62-60(59(69)58(68)56(51-64)72-62)73-57(67)50-47-44-41-38-35-32-26-23-20-17-14-11-8-5-2/h8,11,17,20,45,48,53-56,58-60,62,64-66,68-69H,4-7,9-10,12-16,18-19,21-44,46-47,49-52H2,1-3H3,(H,63,70)/b11-8+,20-17+,48-45+. The maximum Gasteiger partial charge on any atom is 0.306 e. The van der Waals surface area contributed by atoms with Crippen LogP contribution < -0.4 is 5.32 Å². The van der Waals surface area contributed by atoms with Crippen LogP contribution in [0.1, 0.15) is 284 Å². The highest BCUT2D eigenvalue weighted by atomic mass is 16.7. The van der Waals surface area contributed by atoms with Crippen LogP contribution in [0.4, 0.5) is 0 Å². The lowest BCUT2D eigenvalue weighted by molar-refractivity contribution is -0.305. The summed E-state index contributed by atoms with van der Waals surface area (Å²) in [5, 5.41) is 56.9. The Balaban J connectivity index is 2.68. The minimum Gasteiger partial charge on any atom is -0.454 e. The predicted octanol–water partition coefficient (Wildman–Crippen LogP) is 14.3. The van der Waals surface area contributed by atoms with Crippen LogP contribution in [-0.2, 0) is 23.8 Å². The smallest absolute Gasteiger partial charge is 0.306 e. The first kappa shape index (κ1) is 68.9. The SMILES string of the molecule is CC/C=C/C/C=C/CCCCCCCCCC(=O)OC1C(OCC(NC(=O)C(O)CCCCCCCCCCCCCCCCCCCC)C(O)/C=C/CCCCCCCCCCCC)OC(CO)C(O)C1O. The second-order valence-electron chi connectivity index (χ2n) is 21.4. The summed E-state index contributed by atoms with van der Waals surface area (Å²) in [6, 6.07) is -1.02. The van der Waals surface area contributed by atoms with Gasteiger partial charge in [0.25, 0.3) is 0 Å². The van der Waals surface area contributed by atoms with Crippen molar-refractivity contribution in [3.8, 4) is 0 Å². The van der Waals surface area contributed by atoms with Crippen LogP contribution >= 0.6 is 0 Å². The van der Waals surface area contributed by atoms with E-state index in [2.05, 4.69) is 50.4 Å². The van der Waals surface area contributed by atoms with E-state index < -0.39 is 67.4 Å². The van der Waals surface area contributed by atoms with Gasteiger partial charge in [-0.25, -0.2) is 0 Å². The van der Waals surface area contributed by atoms with Crippen molar-refractivity contribution in [1.29, 1.82) is 0 Å². The molecule has 1 amide bonds. The van der Waals surface area contributed by atoms with E-state index in [-0.39, 0.29) is 13.0 Å². The van der Waals surface area contributed by atoms with Gasteiger partial charge in [0.2, 0.25) is 5.91 Å². The van der Waals surface area contributed by atoms with Crippen LogP contribution in [0.5, 0.6) is 0 Å². The Morgan fingerprint density at radius 3 is 1.47 bits per heavy atom. The van der Waals surface area contributed by atoms with Gasteiger partial charge in [0.15, 0.2) is 12.4 Å². The minimum absolute atomic E-state index is 0.116. The second-order valence-corrected chi connectivity index (χ2v) is 21.4. The largest absolute Gasteiger partial charge is 0.454 e. The van der Waals surface area contributed by atoms with Crippen molar-refractivity contribution in [2.24, 2.45) is 0 Å². The Labute approximate surface area is 447 Å². The zero-order chi connectivity index (χ0) is 53.3. The molecule has 6 N–H and O–H groups in total. The number of esters is 1. The highest BCUT2D eigenvalue weighted by Gasteiger charge is 2.47. The Morgan fingerprint density at radius 2 is 0.986 bits per heavy atom. The van der Waals surface area contributed by atoms with Crippen LogP contribution in [-0.4, -0.2) is 99.6 Å². The van der Waals surface area contributed by atoms with Gasteiger partial charge in [0.05, 0.1) is 25.4 Å². The molecule has 0 saturated carbocycles.